The van der Waals surface area contributed by atoms with Crippen LogP contribution in [0.4, 0.5) is 0 Å². The summed E-state index contributed by atoms with van der Waals surface area (Å²) in [6.45, 7) is 2.41. The van der Waals surface area contributed by atoms with Crippen LogP contribution in [0.25, 0.3) is 0 Å². The van der Waals surface area contributed by atoms with Crippen molar-refractivity contribution in [2.24, 2.45) is 5.92 Å². The number of rotatable bonds is 5. The molecule has 5 heteroatoms. The first-order chi connectivity index (χ1) is 15.0. The Hall–Kier alpha value is -2.95. The van der Waals surface area contributed by atoms with E-state index < -0.39 is 5.97 Å². The topological polar surface area (TPSA) is 63.7 Å². The summed E-state index contributed by atoms with van der Waals surface area (Å²) in [5, 5.41) is 0. The van der Waals surface area contributed by atoms with Crippen molar-refractivity contribution in [3.05, 3.63) is 70.8 Å². The number of hydrogen-bond donors (Lipinski definition) is 0. The van der Waals surface area contributed by atoms with Gasteiger partial charge < -0.3 is 9.64 Å². The third-order valence-electron chi connectivity index (χ3n) is 6.60. The predicted octanol–water partition coefficient (Wildman–Crippen LogP) is 4.56. The molecule has 0 spiro atoms. The number of hydrogen-bond acceptors (Lipinski definition) is 4. The molecule has 0 N–H and O–H groups in total. The fourth-order valence-electron chi connectivity index (χ4n) is 4.94. The molecule has 2 fully saturated rings. The molecule has 2 aliphatic rings. The number of likely N-dealkylation sites (tertiary alicyclic amines) is 1. The molecule has 1 saturated heterocycles. The Balaban J connectivity index is 1.44. The minimum absolute atomic E-state index is 0.132. The summed E-state index contributed by atoms with van der Waals surface area (Å²) in [4.78, 5) is 40.5. The summed E-state index contributed by atoms with van der Waals surface area (Å²) in [7, 11) is 0. The third-order valence-corrected chi connectivity index (χ3v) is 6.60. The van der Waals surface area contributed by atoms with Gasteiger partial charge in [0.25, 0.3) is 5.91 Å². The first kappa shape index (κ1) is 21.3. The molecule has 1 heterocycles. The molecule has 2 atom stereocenters. The second-order valence-electron chi connectivity index (χ2n) is 8.66. The number of fused-ring (bicyclic) bond motifs is 1. The molecule has 0 radical (unpaired) electrons. The Morgan fingerprint density at radius 1 is 0.903 bits per heavy atom. The van der Waals surface area contributed by atoms with Crippen LogP contribution in [0.5, 0.6) is 0 Å². The van der Waals surface area contributed by atoms with E-state index in [-0.39, 0.29) is 35.5 Å². The van der Waals surface area contributed by atoms with Gasteiger partial charge in [0.05, 0.1) is 5.56 Å². The number of amides is 1. The van der Waals surface area contributed by atoms with Crippen molar-refractivity contribution >= 4 is 17.7 Å². The number of benzene rings is 2. The highest BCUT2D eigenvalue weighted by Gasteiger charge is 2.36. The minimum Gasteiger partial charge on any atom is -0.452 e. The highest BCUT2D eigenvalue weighted by atomic mass is 16.5. The summed E-state index contributed by atoms with van der Waals surface area (Å²) < 4.78 is 5.39. The maximum atomic E-state index is 12.9. The van der Waals surface area contributed by atoms with E-state index in [0.717, 1.165) is 31.4 Å². The normalized spacial score (nSPS) is 20.6. The summed E-state index contributed by atoms with van der Waals surface area (Å²) in [5.74, 6) is -0.427. The van der Waals surface area contributed by atoms with Crippen LogP contribution in [-0.2, 0) is 9.53 Å². The Labute approximate surface area is 183 Å². The second kappa shape index (κ2) is 9.46. The quantitative estimate of drug-likeness (QED) is 0.526. The Kier molecular flexibility index (Phi) is 6.50. The summed E-state index contributed by atoms with van der Waals surface area (Å²) in [6.07, 6.45) is 6.81. The van der Waals surface area contributed by atoms with Gasteiger partial charge in [0.1, 0.15) is 0 Å². The van der Waals surface area contributed by atoms with Gasteiger partial charge in [0.2, 0.25) is 0 Å². The first-order valence-corrected chi connectivity index (χ1v) is 11.2. The zero-order valence-electron chi connectivity index (χ0n) is 18.0. The molecule has 0 bridgehead atoms. The van der Waals surface area contributed by atoms with E-state index in [2.05, 4.69) is 0 Å². The van der Waals surface area contributed by atoms with E-state index in [1.807, 2.05) is 24.0 Å². The number of ether oxygens (including phenoxy) is 1. The Bertz CT molecular complexity index is 964. The van der Waals surface area contributed by atoms with Crippen molar-refractivity contribution in [3.63, 3.8) is 0 Å². The minimum atomic E-state index is -0.637. The number of piperidine rings is 1. The molecule has 1 amide bonds. The van der Waals surface area contributed by atoms with Crippen LogP contribution in [0.2, 0.25) is 0 Å². The zero-order valence-corrected chi connectivity index (χ0v) is 18.0. The average Bonchev–Trinajstić information content (AvgIpc) is 2.82. The lowest BCUT2D eigenvalue weighted by Gasteiger charge is -2.44. The lowest BCUT2D eigenvalue weighted by Crippen LogP contribution is -2.50. The number of ketones is 1. The fraction of sp³-hybridized carbons (Fsp3) is 0.423. The van der Waals surface area contributed by atoms with Gasteiger partial charge in [-0.15, -0.1) is 0 Å². The van der Waals surface area contributed by atoms with E-state index in [0.29, 0.717) is 11.5 Å². The van der Waals surface area contributed by atoms with Gasteiger partial charge in [-0.2, -0.15) is 0 Å². The fourth-order valence-corrected chi connectivity index (χ4v) is 4.94. The number of nitrogens with zero attached hydrogens (tertiary/aromatic N) is 1. The number of esters is 1. The molecule has 162 valence electrons. The monoisotopic (exact) mass is 419 g/mol. The summed E-state index contributed by atoms with van der Waals surface area (Å²) in [5.41, 5.74) is 2.04. The third kappa shape index (κ3) is 4.71. The highest BCUT2D eigenvalue weighted by Crippen LogP contribution is 2.35. The van der Waals surface area contributed by atoms with Gasteiger partial charge in [0, 0.05) is 23.7 Å². The summed E-state index contributed by atoms with van der Waals surface area (Å²) in [6, 6.07) is 14.1. The first-order valence-electron chi connectivity index (χ1n) is 11.2. The van der Waals surface area contributed by atoms with Gasteiger partial charge in [-0.1, -0.05) is 60.9 Å². The van der Waals surface area contributed by atoms with Crippen LogP contribution in [-0.4, -0.2) is 41.8 Å². The molecular formula is C26H29NO4. The molecule has 0 unspecified atom stereocenters. The van der Waals surface area contributed by atoms with Crippen molar-refractivity contribution in [3.8, 4) is 0 Å². The van der Waals surface area contributed by atoms with E-state index >= 15 is 0 Å². The predicted molar refractivity (Wildman–Crippen MR) is 118 cm³/mol. The molecule has 31 heavy (non-hydrogen) atoms. The largest absolute Gasteiger partial charge is 0.452 e. The number of aryl methyl sites for hydroxylation is 1. The van der Waals surface area contributed by atoms with Crippen molar-refractivity contribution in [1.82, 2.24) is 4.90 Å². The van der Waals surface area contributed by atoms with Crippen molar-refractivity contribution in [2.45, 2.75) is 51.5 Å². The molecule has 2 aromatic carbocycles. The second-order valence-corrected chi connectivity index (χ2v) is 8.66. The molecule has 1 aliphatic heterocycles. The van der Waals surface area contributed by atoms with Crippen LogP contribution >= 0.6 is 0 Å². The van der Waals surface area contributed by atoms with Gasteiger partial charge in [-0.3, -0.25) is 9.59 Å². The van der Waals surface area contributed by atoms with Gasteiger partial charge in [-0.05, 0) is 44.6 Å². The van der Waals surface area contributed by atoms with Gasteiger partial charge >= 0.3 is 5.97 Å². The van der Waals surface area contributed by atoms with Crippen molar-refractivity contribution in [2.75, 3.05) is 13.2 Å². The van der Waals surface area contributed by atoms with Crippen molar-refractivity contribution < 1.29 is 19.1 Å². The SMILES string of the molecule is Cc1ccc(C(=O)c2ccccc2C(=O)OCC(=O)N2CCC[C@@H]3CCCC[C@H]32)cc1. The summed E-state index contributed by atoms with van der Waals surface area (Å²) >= 11 is 0. The zero-order chi connectivity index (χ0) is 21.8. The van der Waals surface area contributed by atoms with Gasteiger partial charge in [0.15, 0.2) is 12.4 Å². The van der Waals surface area contributed by atoms with Crippen LogP contribution in [0.15, 0.2) is 48.5 Å². The van der Waals surface area contributed by atoms with Gasteiger partial charge in [-0.25, -0.2) is 4.79 Å². The molecule has 1 aliphatic carbocycles. The van der Waals surface area contributed by atoms with Crippen molar-refractivity contribution in [1.29, 1.82) is 0 Å². The number of carbonyl (C=O) groups excluding carboxylic acids is 3. The Morgan fingerprint density at radius 3 is 2.35 bits per heavy atom. The van der Waals surface area contributed by atoms with E-state index in [1.54, 1.807) is 36.4 Å². The highest BCUT2D eigenvalue weighted by molar-refractivity contribution is 6.14. The smallest absolute Gasteiger partial charge is 0.339 e. The van der Waals surface area contributed by atoms with E-state index in [1.165, 1.54) is 19.3 Å². The van der Waals surface area contributed by atoms with Crippen LogP contribution in [0.1, 0.15) is 70.4 Å². The lowest BCUT2D eigenvalue weighted by atomic mass is 9.78. The Morgan fingerprint density at radius 2 is 1.58 bits per heavy atom. The maximum absolute atomic E-state index is 12.9. The molecule has 0 aromatic heterocycles. The average molecular weight is 420 g/mol. The van der Waals surface area contributed by atoms with Crippen LogP contribution < -0.4 is 0 Å². The van der Waals surface area contributed by atoms with E-state index in [9.17, 15) is 14.4 Å². The standard InChI is InChI=1S/C26H29NO4/c1-18-12-14-20(15-13-18)25(29)21-9-3-4-10-22(21)26(30)31-17-24(28)27-16-6-8-19-7-2-5-11-23(19)27/h3-4,9-10,12-15,19,23H,2,5-8,11,16-17H2,1H3/t19-,23+/m0/s1. The molecular weight excluding hydrogens is 390 g/mol. The molecule has 4 rings (SSSR count). The molecule has 1 saturated carbocycles. The number of carbonyl (C=O) groups is 3. The maximum Gasteiger partial charge on any atom is 0.339 e. The lowest BCUT2D eigenvalue weighted by molar-refractivity contribution is -0.140. The molecule has 5 nitrogen and oxygen atoms in total. The van der Waals surface area contributed by atoms with Crippen LogP contribution in [0, 0.1) is 12.8 Å². The van der Waals surface area contributed by atoms with E-state index in [4.69, 9.17) is 4.74 Å². The molecule has 2 aromatic rings. The van der Waals surface area contributed by atoms with Crippen LogP contribution in [0.3, 0.4) is 0 Å².